The number of nitrogens with zero attached hydrogens (tertiary/aromatic N) is 1. The number of ether oxygens (including phenoxy) is 3. The quantitative estimate of drug-likeness (QED) is 0.785. The predicted octanol–water partition coefficient (Wildman–Crippen LogP) is 1.71. The first-order valence-electron chi connectivity index (χ1n) is 4.07. The van der Waals surface area contributed by atoms with E-state index in [1.54, 1.807) is 0 Å². The van der Waals surface area contributed by atoms with Gasteiger partial charge in [-0.05, 0) is 0 Å². The van der Waals surface area contributed by atoms with Crippen molar-refractivity contribution >= 4 is 5.69 Å². The second-order valence-corrected chi connectivity index (χ2v) is 2.91. The van der Waals surface area contributed by atoms with Crippen LogP contribution in [0.1, 0.15) is 0 Å². The van der Waals surface area contributed by atoms with Crippen molar-refractivity contribution < 1.29 is 28.2 Å². The number of anilines is 1. The van der Waals surface area contributed by atoms with E-state index in [2.05, 4.69) is 9.47 Å². The summed E-state index contributed by atoms with van der Waals surface area (Å²) in [6.07, 6.45) is -3.78. The summed E-state index contributed by atoms with van der Waals surface area (Å²) in [5.74, 6) is -0.735. The van der Waals surface area contributed by atoms with E-state index in [1.807, 2.05) is 0 Å². The summed E-state index contributed by atoms with van der Waals surface area (Å²) in [6.45, 7) is 0. The van der Waals surface area contributed by atoms with E-state index in [4.69, 9.17) is 9.94 Å². The minimum absolute atomic E-state index is 0.113. The van der Waals surface area contributed by atoms with Crippen LogP contribution in [0.15, 0.2) is 12.1 Å². The maximum absolute atomic E-state index is 12.7. The van der Waals surface area contributed by atoms with Crippen molar-refractivity contribution in [2.45, 2.75) is 6.29 Å². The number of hydrogen-bond donors (Lipinski definition) is 1. The first-order chi connectivity index (χ1) is 7.43. The predicted molar refractivity (Wildman–Crippen MR) is 46.8 cm³/mol. The normalized spacial score (nSPS) is 16.1. The third-order valence-electron chi connectivity index (χ3n) is 1.91. The summed E-state index contributed by atoms with van der Waals surface area (Å²) in [5.41, 5.74) is -0.359. The maximum Gasteiger partial charge on any atom is 0.586 e. The van der Waals surface area contributed by atoms with E-state index >= 15 is 0 Å². The largest absolute Gasteiger partial charge is 0.733 e. The molecule has 2 rings (SSSR count). The lowest BCUT2D eigenvalue weighted by Crippen LogP contribution is -2.25. The SMILES string of the molecule is COc1cc2c(cc1N([O-])O)OC(F)(F)O2. The molecule has 0 radical (unpaired) electrons. The molecule has 0 unspecified atom stereocenters. The van der Waals surface area contributed by atoms with E-state index in [0.29, 0.717) is 0 Å². The van der Waals surface area contributed by atoms with Gasteiger partial charge in [-0.2, -0.15) is 0 Å². The fourth-order valence-corrected chi connectivity index (χ4v) is 1.28. The lowest BCUT2D eigenvalue weighted by Gasteiger charge is -2.23. The van der Waals surface area contributed by atoms with E-state index in [0.717, 1.165) is 12.1 Å². The summed E-state index contributed by atoms with van der Waals surface area (Å²) >= 11 is 0. The average molecular weight is 234 g/mol. The highest BCUT2D eigenvalue weighted by Crippen LogP contribution is 2.46. The lowest BCUT2D eigenvalue weighted by atomic mass is 10.2. The standard InChI is InChI=1S/C8H6F2NO5/c1-14-5-3-7-6(2-4(5)11(12)13)15-8(9,10)16-7/h2-3,12H,1H3/q-1. The van der Waals surface area contributed by atoms with Gasteiger partial charge in [-0.3, -0.25) is 5.21 Å². The molecule has 88 valence electrons. The van der Waals surface area contributed by atoms with E-state index in [9.17, 15) is 14.0 Å². The molecule has 1 heterocycles. The van der Waals surface area contributed by atoms with Gasteiger partial charge in [0.15, 0.2) is 11.5 Å². The average Bonchev–Trinajstić information content (AvgIpc) is 2.48. The van der Waals surface area contributed by atoms with Crippen LogP contribution >= 0.6 is 0 Å². The van der Waals surface area contributed by atoms with E-state index in [-0.39, 0.29) is 22.9 Å². The second-order valence-electron chi connectivity index (χ2n) is 2.91. The maximum atomic E-state index is 12.7. The fraction of sp³-hybridized carbons (Fsp3) is 0.250. The van der Waals surface area contributed by atoms with Crippen LogP contribution in [0.4, 0.5) is 14.5 Å². The molecule has 0 bridgehead atoms. The van der Waals surface area contributed by atoms with Gasteiger partial charge in [0.25, 0.3) is 0 Å². The molecule has 1 N–H and O–H groups in total. The Morgan fingerprint density at radius 1 is 1.38 bits per heavy atom. The number of benzene rings is 1. The number of hydrogen-bond acceptors (Lipinski definition) is 6. The second kappa shape index (κ2) is 3.35. The Labute approximate surface area is 88.1 Å². The molecule has 0 saturated carbocycles. The first-order valence-corrected chi connectivity index (χ1v) is 4.07. The highest BCUT2D eigenvalue weighted by Gasteiger charge is 2.44. The van der Waals surface area contributed by atoms with Crippen molar-refractivity contribution in [2.75, 3.05) is 12.3 Å². The molecule has 0 fully saturated rings. The molecule has 1 aliphatic heterocycles. The Hall–Kier alpha value is -1.80. The Balaban J connectivity index is 2.47. The molecule has 16 heavy (non-hydrogen) atoms. The van der Waals surface area contributed by atoms with Gasteiger partial charge >= 0.3 is 6.29 Å². The summed E-state index contributed by atoms with van der Waals surface area (Å²) in [6, 6.07) is 1.91. The highest BCUT2D eigenvalue weighted by atomic mass is 19.3. The van der Waals surface area contributed by atoms with Crippen LogP contribution in [0, 0.1) is 5.21 Å². The van der Waals surface area contributed by atoms with Gasteiger partial charge in [0, 0.05) is 12.1 Å². The topological polar surface area (TPSA) is 74.2 Å². The van der Waals surface area contributed by atoms with Crippen molar-refractivity contribution in [1.29, 1.82) is 0 Å². The van der Waals surface area contributed by atoms with Gasteiger partial charge < -0.3 is 24.6 Å². The Morgan fingerprint density at radius 3 is 2.44 bits per heavy atom. The van der Waals surface area contributed by atoms with E-state index in [1.165, 1.54) is 7.11 Å². The monoisotopic (exact) mass is 234 g/mol. The molecular formula is C8H6F2NO5-. The van der Waals surface area contributed by atoms with Gasteiger partial charge in [0.1, 0.15) is 5.75 Å². The van der Waals surface area contributed by atoms with Gasteiger partial charge in [-0.25, -0.2) is 0 Å². The van der Waals surface area contributed by atoms with Crippen molar-refractivity contribution in [3.05, 3.63) is 17.3 Å². The Morgan fingerprint density at radius 2 is 1.94 bits per heavy atom. The molecule has 0 amide bonds. The van der Waals surface area contributed by atoms with Crippen LogP contribution in [0.2, 0.25) is 0 Å². The first kappa shape index (κ1) is 10.7. The number of rotatable bonds is 2. The molecule has 0 atom stereocenters. The Bertz CT molecular complexity index is 423. The summed E-state index contributed by atoms with van der Waals surface area (Å²) in [5, 5.41) is 18.9. The smallest absolute Gasteiger partial charge is 0.586 e. The Kier molecular flexibility index (Phi) is 2.25. The molecule has 1 aromatic carbocycles. The zero-order valence-corrected chi connectivity index (χ0v) is 7.94. The molecule has 0 aliphatic carbocycles. The van der Waals surface area contributed by atoms with Gasteiger partial charge in [0.2, 0.25) is 0 Å². The number of fused-ring (bicyclic) bond motifs is 1. The van der Waals surface area contributed by atoms with Crippen molar-refractivity contribution in [2.24, 2.45) is 0 Å². The fourth-order valence-electron chi connectivity index (χ4n) is 1.28. The van der Waals surface area contributed by atoms with Gasteiger partial charge in [-0.15, -0.1) is 8.78 Å². The minimum atomic E-state index is -3.78. The van der Waals surface area contributed by atoms with Crippen LogP contribution in [0.25, 0.3) is 0 Å². The third-order valence-corrected chi connectivity index (χ3v) is 1.91. The third kappa shape index (κ3) is 1.68. The zero-order valence-electron chi connectivity index (χ0n) is 7.94. The molecular weight excluding hydrogens is 228 g/mol. The molecule has 0 spiro atoms. The van der Waals surface area contributed by atoms with Crippen LogP contribution in [0.3, 0.4) is 0 Å². The summed E-state index contributed by atoms with van der Waals surface area (Å²) < 4.78 is 38.3. The number of halogens is 2. The number of methoxy groups -OCH3 is 1. The van der Waals surface area contributed by atoms with Crippen molar-refractivity contribution in [3.8, 4) is 17.2 Å². The summed E-state index contributed by atoms with van der Waals surface area (Å²) in [7, 11) is 1.21. The van der Waals surface area contributed by atoms with Crippen LogP contribution in [0.5, 0.6) is 17.2 Å². The van der Waals surface area contributed by atoms with Gasteiger partial charge in [0.05, 0.1) is 12.8 Å². The van der Waals surface area contributed by atoms with Gasteiger partial charge in [-0.1, -0.05) is 0 Å². The zero-order chi connectivity index (χ0) is 11.9. The number of alkyl halides is 2. The highest BCUT2D eigenvalue weighted by molar-refractivity contribution is 5.65. The van der Waals surface area contributed by atoms with E-state index < -0.39 is 11.5 Å². The van der Waals surface area contributed by atoms with Crippen LogP contribution in [-0.4, -0.2) is 18.6 Å². The van der Waals surface area contributed by atoms with Crippen molar-refractivity contribution in [3.63, 3.8) is 0 Å². The summed E-state index contributed by atoms with van der Waals surface area (Å²) in [4.78, 5) is 0. The van der Waals surface area contributed by atoms with Crippen LogP contribution in [-0.2, 0) is 0 Å². The molecule has 0 saturated heterocycles. The lowest BCUT2D eigenvalue weighted by molar-refractivity contribution is -0.286. The minimum Gasteiger partial charge on any atom is -0.733 e. The van der Waals surface area contributed by atoms with Crippen molar-refractivity contribution in [1.82, 2.24) is 0 Å². The van der Waals surface area contributed by atoms with Crippen LogP contribution < -0.4 is 19.4 Å². The molecule has 1 aromatic rings. The molecule has 1 aliphatic rings. The molecule has 6 nitrogen and oxygen atoms in total. The molecule has 0 aromatic heterocycles. The molecule has 8 heteroatoms.